The minimum absolute atomic E-state index is 0.0546. The molecule has 46 heavy (non-hydrogen) atoms. The highest BCUT2D eigenvalue weighted by Gasteiger charge is 2.61. The third-order valence-corrected chi connectivity index (χ3v) is 9.56. The highest BCUT2D eigenvalue weighted by Crippen LogP contribution is 2.45. The minimum Gasteiger partial charge on any atom is -0.479 e. The summed E-state index contributed by atoms with van der Waals surface area (Å²) in [5, 5.41) is 16.4. The van der Waals surface area contributed by atoms with E-state index in [0.717, 1.165) is 30.4 Å². The fourth-order valence-electron chi connectivity index (χ4n) is 6.36. The van der Waals surface area contributed by atoms with Crippen molar-refractivity contribution in [3.8, 4) is 0 Å². The van der Waals surface area contributed by atoms with Crippen LogP contribution in [0.5, 0.6) is 0 Å². The number of carbonyl (C=O) groups is 5. The number of ether oxygens (including phenoxy) is 2. The van der Waals surface area contributed by atoms with Crippen LogP contribution < -0.4 is 10.6 Å². The number of benzene rings is 1. The van der Waals surface area contributed by atoms with E-state index in [4.69, 9.17) is 32.7 Å². The molecule has 1 aliphatic carbocycles. The number of aliphatic carboxylic acids is 1. The fraction of sp³-hybridized carbons (Fsp3) is 0.594. The third-order valence-electron chi connectivity index (χ3n) is 8.85. The summed E-state index contributed by atoms with van der Waals surface area (Å²) in [5.74, 6) is -2.74. The Hall–Kier alpha value is -3.51. The monoisotopic (exact) mass is 678 g/mol. The number of alkyl carbamates (subject to hydrolysis) is 1. The predicted octanol–water partition coefficient (Wildman–Crippen LogP) is 4.79. The lowest BCUT2D eigenvalue weighted by molar-refractivity contribution is -0.145. The van der Waals surface area contributed by atoms with Crippen molar-refractivity contribution < 1.29 is 38.6 Å². The molecule has 4 amide bonds. The molecule has 5 atom stereocenters. The summed E-state index contributed by atoms with van der Waals surface area (Å²) in [4.78, 5) is 69.0. The van der Waals surface area contributed by atoms with Gasteiger partial charge in [-0.25, -0.2) is 14.4 Å². The second-order valence-electron chi connectivity index (χ2n) is 13.4. The number of carbonyl (C=O) groups excluding carboxylic acids is 4. The van der Waals surface area contributed by atoms with Crippen molar-refractivity contribution in [3.05, 3.63) is 45.5 Å². The molecule has 1 saturated carbocycles. The first kappa shape index (κ1) is 33.8. The Bertz CT molecular complexity index is 1410. The Labute approximate surface area is 277 Å². The van der Waals surface area contributed by atoms with Gasteiger partial charge in [-0.2, -0.15) is 0 Å². The maximum Gasteiger partial charge on any atom is 0.410 e. The summed E-state index contributed by atoms with van der Waals surface area (Å²) in [6.07, 6.45) is 4.84. The van der Waals surface area contributed by atoms with E-state index in [0.29, 0.717) is 22.9 Å². The van der Waals surface area contributed by atoms with Gasteiger partial charge in [0.25, 0.3) is 0 Å². The third kappa shape index (κ3) is 7.38. The Morgan fingerprint density at radius 3 is 2.37 bits per heavy atom. The molecule has 5 rings (SSSR count). The second kappa shape index (κ2) is 13.3. The van der Waals surface area contributed by atoms with Gasteiger partial charge in [0.05, 0.1) is 19.6 Å². The molecule has 3 N–H and O–H groups in total. The zero-order chi connectivity index (χ0) is 33.4. The Kier molecular flexibility index (Phi) is 9.79. The molecule has 3 heterocycles. The van der Waals surface area contributed by atoms with Crippen LogP contribution in [-0.2, 0) is 36.9 Å². The zero-order valence-electron chi connectivity index (χ0n) is 26.1. The maximum absolute atomic E-state index is 14.1. The molecular formula is C32H40Cl2N4O8. The van der Waals surface area contributed by atoms with Gasteiger partial charge in [0.15, 0.2) is 0 Å². The molecule has 2 fully saturated rings. The van der Waals surface area contributed by atoms with Crippen molar-refractivity contribution in [2.75, 3.05) is 6.54 Å². The van der Waals surface area contributed by atoms with Crippen LogP contribution in [0.2, 0.25) is 10.0 Å². The number of hydrogen-bond donors (Lipinski definition) is 3. The van der Waals surface area contributed by atoms with Gasteiger partial charge in [-0.05, 0) is 69.7 Å². The van der Waals surface area contributed by atoms with E-state index in [1.807, 2.05) is 12.2 Å². The highest BCUT2D eigenvalue weighted by atomic mass is 35.5. The summed E-state index contributed by atoms with van der Waals surface area (Å²) in [6, 6.07) is 1.17. The largest absolute Gasteiger partial charge is 0.479 e. The van der Waals surface area contributed by atoms with Crippen molar-refractivity contribution >= 4 is 53.2 Å². The van der Waals surface area contributed by atoms with Crippen molar-refractivity contribution in [1.82, 2.24) is 20.4 Å². The molecule has 0 unspecified atom stereocenters. The molecule has 250 valence electrons. The smallest absolute Gasteiger partial charge is 0.410 e. The number of amides is 4. The number of fused-ring (bicyclic) bond motifs is 3. The van der Waals surface area contributed by atoms with Crippen LogP contribution in [-0.4, -0.2) is 80.7 Å². The SMILES string of the molecule is CC(C)(C)OC(=O)N[C@H]1CCCCC/C=C\[C@@H]2C[C@@]2(C(=O)O)NC(=O)[C@@H]2C[C@@H](OC(=O)N3Cc4c(Cl)ccc(Cl)c4C3)CN2C1=O. The van der Waals surface area contributed by atoms with Gasteiger partial charge in [-0.1, -0.05) is 48.2 Å². The summed E-state index contributed by atoms with van der Waals surface area (Å²) in [7, 11) is 0. The van der Waals surface area contributed by atoms with Crippen LogP contribution in [0.15, 0.2) is 24.3 Å². The van der Waals surface area contributed by atoms with E-state index in [2.05, 4.69) is 10.6 Å². The number of rotatable bonds is 3. The number of carboxylic acid groups (broad SMARTS) is 1. The van der Waals surface area contributed by atoms with Gasteiger partial charge in [0.1, 0.15) is 29.3 Å². The standard InChI is InChI=1S/C32H40Cl2N4O8/c1-31(2,3)46-29(43)35-24-10-8-6-4-5-7-9-18-14-32(18,28(41)42)36-26(39)25-13-19(15-38(25)27(24)40)45-30(44)37-16-20-21(17-37)23(34)12-11-22(20)33/h7,9,11-12,18-19,24-25H,4-6,8,10,13-17H2,1-3H3,(H,35,43)(H,36,39)(H,41,42)/b9-7-/t18-,19-,24+,25+,32-/m1/s1. The number of allylic oxidation sites excluding steroid dienone is 1. The molecule has 1 saturated heterocycles. The number of hydrogen-bond acceptors (Lipinski definition) is 7. The topological polar surface area (TPSA) is 155 Å². The lowest BCUT2D eigenvalue weighted by Crippen LogP contribution is -2.56. The average molecular weight is 680 g/mol. The van der Waals surface area contributed by atoms with Crippen LogP contribution in [0, 0.1) is 5.92 Å². The minimum atomic E-state index is -1.48. The summed E-state index contributed by atoms with van der Waals surface area (Å²) in [6.45, 7) is 5.38. The molecule has 14 heteroatoms. The van der Waals surface area contributed by atoms with Crippen LogP contribution in [0.3, 0.4) is 0 Å². The van der Waals surface area contributed by atoms with Crippen LogP contribution >= 0.6 is 23.2 Å². The summed E-state index contributed by atoms with van der Waals surface area (Å²) >= 11 is 12.7. The van der Waals surface area contributed by atoms with E-state index >= 15 is 0 Å². The molecule has 4 aliphatic rings. The lowest BCUT2D eigenvalue weighted by Gasteiger charge is -2.30. The lowest BCUT2D eigenvalue weighted by atomic mass is 10.0. The Morgan fingerprint density at radius 1 is 1.07 bits per heavy atom. The molecule has 3 aliphatic heterocycles. The number of nitrogens with zero attached hydrogens (tertiary/aromatic N) is 2. The van der Waals surface area contributed by atoms with Crippen LogP contribution in [0.1, 0.15) is 76.8 Å². The van der Waals surface area contributed by atoms with Gasteiger partial charge in [-0.15, -0.1) is 0 Å². The van der Waals surface area contributed by atoms with Gasteiger partial charge < -0.3 is 30.1 Å². The number of halogens is 2. The molecule has 0 radical (unpaired) electrons. The van der Waals surface area contributed by atoms with Gasteiger partial charge >= 0.3 is 18.2 Å². The average Bonchev–Trinajstić information content (AvgIpc) is 3.29. The second-order valence-corrected chi connectivity index (χ2v) is 14.2. The van der Waals surface area contributed by atoms with Crippen molar-refractivity contribution in [1.29, 1.82) is 0 Å². The van der Waals surface area contributed by atoms with Gasteiger partial charge in [0, 0.05) is 22.4 Å². The van der Waals surface area contributed by atoms with E-state index in [1.54, 1.807) is 32.9 Å². The van der Waals surface area contributed by atoms with Crippen molar-refractivity contribution in [3.63, 3.8) is 0 Å². The van der Waals surface area contributed by atoms with E-state index in [-0.39, 0.29) is 38.4 Å². The first-order valence-corrected chi connectivity index (χ1v) is 16.4. The zero-order valence-corrected chi connectivity index (χ0v) is 27.7. The summed E-state index contributed by atoms with van der Waals surface area (Å²) < 4.78 is 11.2. The molecular weight excluding hydrogens is 639 g/mol. The van der Waals surface area contributed by atoms with Crippen LogP contribution in [0.25, 0.3) is 0 Å². The first-order valence-electron chi connectivity index (χ1n) is 15.6. The molecule has 0 bridgehead atoms. The molecule has 1 aromatic carbocycles. The summed E-state index contributed by atoms with van der Waals surface area (Å²) in [5.41, 5.74) is -0.833. The quantitative estimate of drug-likeness (QED) is 0.386. The van der Waals surface area contributed by atoms with E-state index < -0.39 is 59.3 Å². The fourth-order valence-corrected chi connectivity index (χ4v) is 6.83. The van der Waals surface area contributed by atoms with Crippen molar-refractivity contribution in [2.45, 2.75) is 108 Å². The predicted molar refractivity (Wildman–Crippen MR) is 168 cm³/mol. The molecule has 1 aromatic rings. The normalized spacial score (nSPS) is 28.9. The Morgan fingerprint density at radius 2 is 1.74 bits per heavy atom. The van der Waals surface area contributed by atoms with Crippen molar-refractivity contribution in [2.24, 2.45) is 5.92 Å². The van der Waals surface area contributed by atoms with Crippen LogP contribution in [0.4, 0.5) is 9.59 Å². The maximum atomic E-state index is 14.1. The van der Waals surface area contributed by atoms with Gasteiger partial charge in [-0.3, -0.25) is 14.5 Å². The molecule has 12 nitrogen and oxygen atoms in total. The van der Waals surface area contributed by atoms with Gasteiger partial charge in [0.2, 0.25) is 11.8 Å². The Balaban J connectivity index is 1.37. The number of nitrogens with one attached hydrogen (secondary N) is 2. The molecule has 0 aromatic heterocycles. The van der Waals surface area contributed by atoms with E-state index in [9.17, 15) is 29.1 Å². The number of carboxylic acids is 1. The first-order chi connectivity index (χ1) is 21.7. The highest BCUT2D eigenvalue weighted by molar-refractivity contribution is 6.34. The molecule has 0 spiro atoms. The van der Waals surface area contributed by atoms with E-state index in [1.165, 1.54) is 9.80 Å².